The molecule has 5 rings (SSSR count). The molecular formula is C21H25ClFN5O9P2. The summed E-state index contributed by atoms with van der Waals surface area (Å²) >= 11 is 6.24. The van der Waals surface area contributed by atoms with Crippen molar-refractivity contribution < 1.29 is 47.7 Å². The van der Waals surface area contributed by atoms with Crippen molar-refractivity contribution in [3.8, 4) is 0 Å². The molecule has 5 N–H and O–H groups in total. The van der Waals surface area contributed by atoms with Gasteiger partial charge in [0, 0.05) is 12.1 Å². The van der Waals surface area contributed by atoms with Crippen molar-refractivity contribution in [2.24, 2.45) is 0 Å². The van der Waals surface area contributed by atoms with Gasteiger partial charge in [-0.15, -0.1) is 5.10 Å². The lowest BCUT2D eigenvalue weighted by Crippen LogP contribution is -2.33. The van der Waals surface area contributed by atoms with E-state index in [2.05, 4.69) is 15.1 Å². The number of rotatable bonds is 8. The van der Waals surface area contributed by atoms with Crippen molar-refractivity contribution in [3.63, 3.8) is 0 Å². The number of hydrogen-bond acceptors (Lipinski definition) is 10. The Balaban J connectivity index is 1.42. The van der Waals surface area contributed by atoms with Crippen LogP contribution in [0.15, 0.2) is 30.5 Å². The van der Waals surface area contributed by atoms with Crippen molar-refractivity contribution in [1.82, 2.24) is 19.6 Å². The second kappa shape index (κ2) is 10.7. The first-order chi connectivity index (χ1) is 18.3. The van der Waals surface area contributed by atoms with E-state index in [1.54, 1.807) is 18.2 Å². The summed E-state index contributed by atoms with van der Waals surface area (Å²) in [5.74, 6) is -1.43. The molecule has 0 amide bonds. The first kappa shape index (κ1) is 28.5. The van der Waals surface area contributed by atoms with Crippen LogP contribution in [0.2, 0.25) is 5.28 Å². The third-order valence-corrected chi connectivity index (χ3v) is 10.2. The molecule has 0 spiro atoms. The Kier molecular flexibility index (Phi) is 7.85. The number of aliphatic hydroxyl groups excluding tert-OH is 2. The van der Waals surface area contributed by atoms with Crippen LogP contribution >= 0.6 is 26.8 Å². The number of imidazole rings is 1. The fourth-order valence-corrected chi connectivity index (χ4v) is 7.65. The Morgan fingerprint density at radius 1 is 1.18 bits per heavy atom. The highest BCUT2D eigenvalue weighted by Gasteiger charge is 2.46. The van der Waals surface area contributed by atoms with E-state index in [-0.39, 0.29) is 28.5 Å². The molecular weight excluding hydrogens is 583 g/mol. The van der Waals surface area contributed by atoms with Gasteiger partial charge in [0.05, 0.1) is 24.5 Å². The molecule has 18 heteroatoms. The lowest BCUT2D eigenvalue weighted by molar-refractivity contribution is -0.0204. The van der Waals surface area contributed by atoms with Crippen LogP contribution in [0.4, 0.5) is 10.2 Å². The fraction of sp³-hybridized carbons (Fsp3) is 0.476. The predicted molar refractivity (Wildman–Crippen MR) is 134 cm³/mol. The quantitative estimate of drug-likeness (QED) is 0.232. The molecule has 6 atom stereocenters. The molecule has 14 nitrogen and oxygen atoms in total. The molecule has 1 unspecified atom stereocenters. The van der Waals surface area contributed by atoms with Gasteiger partial charge in [0.1, 0.15) is 30.2 Å². The van der Waals surface area contributed by atoms with Gasteiger partial charge in [-0.3, -0.25) is 9.13 Å². The van der Waals surface area contributed by atoms with Crippen LogP contribution < -0.4 is 4.90 Å². The maximum absolute atomic E-state index is 14.6. The van der Waals surface area contributed by atoms with Gasteiger partial charge in [-0.1, -0.05) is 18.2 Å². The molecule has 2 fully saturated rings. The van der Waals surface area contributed by atoms with Crippen LogP contribution in [0.25, 0.3) is 5.65 Å². The van der Waals surface area contributed by atoms with Gasteiger partial charge >= 0.3 is 15.2 Å². The van der Waals surface area contributed by atoms with Gasteiger partial charge in [0.25, 0.3) is 0 Å². The van der Waals surface area contributed by atoms with Gasteiger partial charge in [-0.25, -0.2) is 13.9 Å². The SMILES string of the molecule is O=P(O)(O)CP(=O)(O)OC[C@H]1O[C@@H](c2cnc3c(N4CCC[C@H]4c4ccccc4F)nc(Cl)nn23)[C@H](O)[C@@H]1O. The maximum Gasteiger partial charge on any atom is 0.340 e. The number of fused-ring (bicyclic) bond motifs is 1. The maximum atomic E-state index is 14.6. The molecule has 2 saturated heterocycles. The van der Waals surface area contributed by atoms with Crippen LogP contribution in [0.1, 0.15) is 36.2 Å². The van der Waals surface area contributed by atoms with E-state index in [0.717, 1.165) is 6.42 Å². The summed E-state index contributed by atoms with van der Waals surface area (Å²) in [6.07, 6.45) is -2.93. The van der Waals surface area contributed by atoms with Crippen LogP contribution in [0, 0.1) is 5.82 Å². The van der Waals surface area contributed by atoms with Gasteiger partial charge in [-0.2, -0.15) is 4.98 Å². The van der Waals surface area contributed by atoms with Gasteiger partial charge in [0.2, 0.25) is 5.28 Å². The molecule has 3 aromatic rings. The van der Waals surface area contributed by atoms with E-state index in [0.29, 0.717) is 24.3 Å². The average Bonchev–Trinajstić information content (AvgIpc) is 3.55. The third-order valence-electron chi connectivity index (χ3n) is 6.59. The van der Waals surface area contributed by atoms with Crippen molar-refractivity contribution in [2.75, 3.05) is 24.0 Å². The fourth-order valence-electron chi connectivity index (χ4n) is 4.93. The second-order valence-corrected chi connectivity index (χ2v) is 13.6. The summed E-state index contributed by atoms with van der Waals surface area (Å²) in [6, 6.07) is 6.10. The van der Waals surface area contributed by atoms with Crippen molar-refractivity contribution in [2.45, 2.75) is 43.3 Å². The molecule has 0 aliphatic carbocycles. The Morgan fingerprint density at radius 2 is 1.92 bits per heavy atom. The van der Waals surface area contributed by atoms with E-state index in [1.807, 2.05) is 4.90 Å². The molecule has 2 aliphatic heterocycles. The monoisotopic (exact) mass is 607 g/mol. The van der Waals surface area contributed by atoms with Crippen LogP contribution in [-0.2, 0) is 18.4 Å². The van der Waals surface area contributed by atoms with Crippen molar-refractivity contribution >= 4 is 38.3 Å². The highest BCUT2D eigenvalue weighted by Crippen LogP contribution is 2.55. The zero-order valence-electron chi connectivity index (χ0n) is 20.1. The van der Waals surface area contributed by atoms with Gasteiger partial charge < -0.3 is 39.1 Å². The van der Waals surface area contributed by atoms with Gasteiger partial charge in [-0.05, 0) is 30.5 Å². The molecule has 2 aromatic heterocycles. The third kappa shape index (κ3) is 5.89. The normalized spacial score (nSPS) is 27.4. The van der Waals surface area contributed by atoms with Gasteiger partial charge in [0.15, 0.2) is 17.4 Å². The lowest BCUT2D eigenvalue weighted by atomic mass is 10.0. The zero-order chi connectivity index (χ0) is 28.1. The van der Waals surface area contributed by atoms with Crippen molar-refractivity contribution in [3.05, 3.63) is 52.8 Å². The first-order valence-electron chi connectivity index (χ1n) is 11.8. The summed E-state index contributed by atoms with van der Waals surface area (Å²) in [7, 11) is -9.57. The highest BCUT2D eigenvalue weighted by atomic mass is 35.5. The van der Waals surface area contributed by atoms with Crippen LogP contribution in [0.5, 0.6) is 0 Å². The average molecular weight is 608 g/mol. The predicted octanol–water partition coefficient (Wildman–Crippen LogP) is 1.76. The van der Waals surface area contributed by atoms with Crippen LogP contribution in [0.3, 0.4) is 0 Å². The number of ether oxygens (including phenoxy) is 1. The first-order valence-corrected chi connectivity index (χ1v) is 15.7. The number of benzene rings is 1. The Bertz CT molecular complexity index is 1470. The number of nitrogens with zero attached hydrogens (tertiary/aromatic N) is 5. The van der Waals surface area contributed by atoms with E-state index in [1.165, 1.54) is 16.8 Å². The summed E-state index contributed by atoms with van der Waals surface area (Å²) < 4.78 is 49.4. The largest absolute Gasteiger partial charge is 0.387 e. The Labute approximate surface area is 225 Å². The standard InChI is InChI=1S/C21H25ClFN5O9P2/c22-21-25-20(27-7-3-6-13(27)11-4-1-2-5-12(11)23)19-24-8-14(28(19)26-21)18-17(30)16(29)15(37-18)9-36-39(34,35)10-38(31,32)33/h1-2,4-5,8,13,15-18,29-30H,3,6-7,9-10H2,(H,34,35)(H2,31,32,33)/t13-,15+,16+,17+,18-/m0/s1. The summed E-state index contributed by atoms with van der Waals surface area (Å²) in [6.45, 7) is -0.195. The summed E-state index contributed by atoms with van der Waals surface area (Å²) in [5, 5.41) is 25.2. The summed E-state index contributed by atoms with van der Waals surface area (Å²) in [5.41, 5.74) is 0.910. The topological polar surface area (TPSA) is 200 Å². The molecule has 0 saturated carbocycles. The Morgan fingerprint density at radius 3 is 2.64 bits per heavy atom. The molecule has 212 valence electrons. The number of aromatic nitrogens is 4. The molecule has 2 aliphatic rings. The van der Waals surface area contributed by atoms with Crippen LogP contribution in [-0.4, -0.2) is 81.8 Å². The van der Waals surface area contributed by atoms with Crippen molar-refractivity contribution in [1.29, 1.82) is 0 Å². The minimum atomic E-state index is -4.85. The highest BCUT2D eigenvalue weighted by molar-refractivity contribution is 7.70. The minimum Gasteiger partial charge on any atom is -0.387 e. The smallest absolute Gasteiger partial charge is 0.340 e. The minimum absolute atomic E-state index is 0.164. The molecule has 0 bridgehead atoms. The van der Waals surface area contributed by atoms with E-state index >= 15 is 0 Å². The Hall–Kier alpha value is -2.03. The summed E-state index contributed by atoms with van der Waals surface area (Å²) in [4.78, 5) is 38.2. The molecule has 4 heterocycles. The zero-order valence-corrected chi connectivity index (χ0v) is 22.6. The number of aliphatic hydroxyl groups is 2. The van der Waals surface area contributed by atoms with E-state index < -0.39 is 52.1 Å². The second-order valence-electron chi connectivity index (χ2n) is 9.31. The number of anilines is 1. The number of hydrogen-bond donors (Lipinski definition) is 5. The molecule has 1 aromatic carbocycles. The number of halogens is 2. The van der Waals surface area contributed by atoms with E-state index in [4.69, 9.17) is 30.6 Å². The molecule has 0 radical (unpaired) electrons. The molecule has 39 heavy (non-hydrogen) atoms. The van der Waals surface area contributed by atoms with E-state index in [9.17, 15) is 28.6 Å². The lowest BCUT2D eigenvalue weighted by Gasteiger charge is -2.26.